The van der Waals surface area contributed by atoms with E-state index in [9.17, 15) is 14.9 Å². The van der Waals surface area contributed by atoms with Crippen molar-refractivity contribution >= 4 is 17.3 Å². The summed E-state index contributed by atoms with van der Waals surface area (Å²) in [6.45, 7) is 4.48. The topological polar surface area (TPSA) is 81.5 Å². The van der Waals surface area contributed by atoms with Crippen LogP contribution in [0.2, 0.25) is 0 Å². The molecule has 0 aliphatic rings. The summed E-state index contributed by atoms with van der Waals surface area (Å²) in [7, 11) is 0. The number of hydrogen-bond donors (Lipinski definition) is 1. The lowest BCUT2D eigenvalue weighted by molar-refractivity contribution is -0.384. The van der Waals surface area contributed by atoms with Crippen LogP contribution in [0.25, 0.3) is 0 Å². The molecule has 0 saturated carbocycles. The van der Waals surface area contributed by atoms with Crippen LogP contribution in [-0.2, 0) is 9.53 Å². The highest BCUT2D eigenvalue weighted by Crippen LogP contribution is 2.25. The van der Waals surface area contributed by atoms with E-state index >= 15 is 0 Å². The van der Waals surface area contributed by atoms with E-state index in [1.165, 1.54) is 6.07 Å². The highest BCUT2D eigenvalue weighted by atomic mass is 16.6. The number of benzene rings is 1. The van der Waals surface area contributed by atoms with Gasteiger partial charge in [0.15, 0.2) is 0 Å². The van der Waals surface area contributed by atoms with Crippen molar-refractivity contribution in [3.05, 3.63) is 33.9 Å². The Bertz CT molecular complexity index is 460. The molecule has 0 aliphatic heterocycles. The summed E-state index contributed by atoms with van der Waals surface area (Å²) < 4.78 is 4.80. The molecule has 0 heterocycles. The lowest BCUT2D eigenvalue weighted by Gasteiger charge is -2.07. The molecule has 0 saturated heterocycles. The van der Waals surface area contributed by atoms with Crippen molar-refractivity contribution in [2.45, 2.75) is 26.7 Å². The first kappa shape index (κ1) is 14.9. The number of aryl methyl sites for hydroxylation is 1. The molecular formula is C13H18N2O4. The number of nitrogens with one attached hydrogen (secondary N) is 1. The Morgan fingerprint density at radius 1 is 1.47 bits per heavy atom. The first-order valence-electron chi connectivity index (χ1n) is 6.19. The second-order valence-electron chi connectivity index (χ2n) is 4.11. The summed E-state index contributed by atoms with van der Waals surface area (Å²) in [5.41, 5.74) is 1.47. The molecule has 0 radical (unpaired) electrons. The normalized spacial score (nSPS) is 10.0. The van der Waals surface area contributed by atoms with Crippen molar-refractivity contribution in [3.63, 3.8) is 0 Å². The monoisotopic (exact) mass is 266 g/mol. The fraction of sp³-hybridized carbons (Fsp3) is 0.462. The maximum absolute atomic E-state index is 11.1. The molecule has 19 heavy (non-hydrogen) atoms. The molecule has 0 aliphatic carbocycles. The van der Waals surface area contributed by atoms with Crippen molar-refractivity contribution in [3.8, 4) is 0 Å². The quantitative estimate of drug-likeness (QED) is 0.355. The van der Waals surface area contributed by atoms with E-state index in [4.69, 9.17) is 4.74 Å². The van der Waals surface area contributed by atoms with Crippen molar-refractivity contribution < 1.29 is 14.5 Å². The van der Waals surface area contributed by atoms with E-state index in [0.717, 1.165) is 5.56 Å². The van der Waals surface area contributed by atoms with Gasteiger partial charge in [0.1, 0.15) is 5.69 Å². The van der Waals surface area contributed by atoms with E-state index in [1.807, 2.05) is 6.92 Å². The molecule has 6 heteroatoms. The summed E-state index contributed by atoms with van der Waals surface area (Å²) >= 11 is 0. The largest absolute Gasteiger partial charge is 0.466 e. The molecule has 104 valence electrons. The van der Waals surface area contributed by atoms with Gasteiger partial charge in [-0.3, -0.25) is 14.9 Å². The molecule has 0 unspecified atom stereocenters. The lowest BCUT2D eigenvalue weighted by atomic mass is 10.2. The third-order valence-electron chi connectivity index (χ3n) is 2.53. The Kier molecular flexibility index (Phi) is 5.78. The van der Waals surface area contributed by atoms with Gasteiger partial charge in [-0.05, 0) is 31.9 Å². The minimum absolute atomic E-state index is 0.0433. The average molecular weight is 266 g/mol. The van der Waals surface area contributed by atoms with E-state index in [1.54, 1.807) is 19.1 Å². The van der Waals surface area contributed by atoms with Crippen molar-refractivity contribution in [1.29, 1.82) is 0 Å². The number of hydrogen-bond acceptors (Lipinski definition) is 5. The first-order valence-corrected chi connectivity index (χ1v) is 6.19. The van der Waals surface area contributed by atoms with Gasteiger partial charge >= 0.3 is 5.97 Å². The predicted molar refractivity (Wildman–Crippen MR) is 72.2 cm³/mol. The standard InChI is InChI=1S/C13H18N2O4/c1-3-19-13(16)5-4-8-14-11-9-10(2)6-7-12(11)15(17)18/h6-7,9,14H,3-5,8H2,1-2H3. The van der Waals surface area contributed by atoms with Gasteiger partial charge in [-0.2, -0.15) is 0 Å². The number of carbonyl (C=O) groups excluding carboxylic acids is 1. The molecule has 0 spiro atoms. The van der Waals surface area contributed by atoms with Gasteiger partial charge < -0.3 is 10.1 Å². The van der Waals surface area contributed by atoms with Crippen molar-refractivity contribution in [2.75, 3.05) is 18.5 Å². The molecule has 0 aromatic heterocycles. The highest BCUT2D eigenvalue weighted by molar-refractivity contribution is 5.69. The molecule has 0 bridgehead atoms. The summed E-state index contributed by atoms with van der Waals surface area (Å²) in [5, 5.41) is 13.8. The second kappa shape index (κ2) is 7.35. The Morgan fingerprint density at radius 2 is 2.21 bits per heavy atom. The zero-order chi connectivity index (χ0) is 14.3. The number of rotatable bonds is 7. The highest BCUT2D eigenvalue weighted by Gasteiger charge is 2.12. The number of nitro groups is 1. The summed E-state index contributed by atoms with van der Waals surface area (Å²) in [6.07, 6.45) is 0.879. The second-order valence-corrected chi connectivity index (χ2v) is 4.11. The van der Waals surface area contributed by atoms with Gasteiger partial charge in [0.25, 0.3) is 5.69 Å². The molecule has 1 aromatic rings. The molecule has 6 nitrogen and oxygen atoms in total. The van der Waals surface area contributed by atoms with Crippen LogP contribution in [0.4, 0.5) is 11.4 Å². The minimum atomic E-state index is -0.423. The molecule has 0 amide bonds. The zero-order valence-electron chi connectivity index (χ0n) is 11.1. The van der Waals surface area contributed by atoms with Gasteiger partial charge in [0, 0.05) is 19.0 Å². The molecular weight excluding hydrogens is 248 g/mol. The minimum Gasteiger partial charge on any atom is -0.466 e. The van der Waals surface area contributed by atoms with Crippen LogP contribution < -0.4 is 5.32 Å². The third kappa shape index (κ3) is 4.95. The summed E-state index contributed by atoms with van der Waals surface area (Å²) in [4.78, 5) is 21.6. The number of ether oxygens (including phenoxy) is 1. The number of nitrogens with zero attached hydrogens (tertiary/aromatic N) is 1. The maximum atomic E-state index is 11.1. The predicted octanol–water partition coefficient (Wildman–Crippen LogP) is 2.66. The molecule has 0 fully saturated rings. The Hall–Kier alpha value is -2.11. The van der Waals surface area contributed by atoms with Gasteiger partial charge in [-0.15, -0.1) is 0 Å². The van der Waals surface area contributed by atoms with Gasteiger partial charge in [0.2, 0.25) is 0 Å². The van der Waals surface area contributed by atoms with Crippen molar-refractivity contribution in [1.82, 2.24) is 0 Å². The van der Waals surface area contributed by atoms with Crippen LogP contribution in [0.3, 0.4) is 0 Å². The molecule has 1 rings (SSSR count). The number of nitro benzene ring substituents is 1. The van der Waals surface area contributed by atoms with Crippen LogP contribution in [0.15, 0.2) is 18.2 Å². The fourth-order valence-corrected chi connectivity index (χ4v) is 1.64. The van der Waals surface area contributed by atoms with E-state index in [0.29, 0.717) is 31.7 Å². The molecule has 1 N–H and O–H groups in total. The Balaban J connectivity index is 2.51. The van der Waals surface area contributed by atoms with Crippen LogP contribution in [0, 0.1) is 17.0 Å². The fourth-order valence-electron chi connectivity index (χ4n) is 1.64. The van der Waals surface area contributed by atoms with E-state index < -0.39 is 4.92 Å². The first-order chi connectivity index (χ1) is 9.04. The van der Waals surface area contributed by atoms with E-state index in [-0.39, 0.29) is 11.7 Å². The third-order valence-corrected chi connectivity index (χ3v) is 2.53. The molecule has 1 aromatic carbocycles. The maximum Gasteiger partial charge on any atom is 0.305 e. The average Bonchev–Trinajstić information content (AvgIpc) is 2.34. The van der Waals surface area contributed by atoms with Crippen LogP contribution in [-0.4, -0.2) is 24.0 Å². The number of esters is 1. The number of anilines is 1. The van der Waals surface area contributed by atoms with Gasteiger partial charge in [-0.25, -0.2) is 0 Å². The van der Waals surface area contributed by atoms with Gasteiger partial charge in [-0.1, -0.05) is 6.07 Å². The SMILES string of the molecule is CCOC(=O)CCCNc1cc(C)ccc1[N+](=O)[O-]. The zero-order valence-corrected chi connectivity index (χ0v) is 11.1. The van der Waals surface area contributed by atoms with Crippen molar-refractivity contribution in [2.24, 2.45) is 0 Å². The Labute approximate surface area is 111 Å². The van der Waals surface area contributed by atoms with E-state index in [2.05, 4.69) is 5.32 Å². The van der Waals surface area contributed by atoms with Crippen LogP contribution >= 0.6 is 0 Å². The Morgan fingerprint density at radius 3 is 2.84 bits per heavy atom. The molecule has 0 atom stereocenters. The lowest BCUT2D eigenvalue weighted by Crippen LogP contribution is -2.09. The van der Waals surface area contributed by atoms with Crippen LogP contribution in [0.5, 0.6) is 0 Å². The summed E-state index contributed by atoms with van der Waals surface area (Å²) in [6, 6.07) is 4.90. The number of carbonyl (C=O) groups is 1. The smallest absolute Gasteiger partial charge is 0.305 e. The summed E-state index contributed by atoms with van der Waals surface area (Å²) in [5.74, 6) is -0.247. The van der Waals surface area contributed by atoms with Crippen LogP contribution in [0.1, 0.15) is 25.3 Å². The van der Waals surface area contributed by atoms with Gasteiger partial charge in [0.05, 0.1) is 11.5 Å².